The Hall–Kier alpha value is -1.51. The van der Waals surface area contributed by atoms with Gasteiger partial charge in [0.15, 0.2) is 11.5 Å². The van der Waals surface area contributed by atoms with Crippen molar-refractivity contribution in [2.75, 3.05) is 0 Å². The second-order valence-corrected chi connectivity index (χ2v) is 3.99. The predicted molar refractivity (Wildman–Crippen MR) is 59.1 cm³/mol. The Morgan fingerprint density at radius 2 is 2.13 bits per heavy atom. The van der Waals surface area contributed by atoms with Crippen molar-refractivity contribution in [2.24, 2.45) is 0 Å². The zero-order valence-electron chi connectivity index (χ0n) is 9.24. The first-order valence-corrected chi connectivity index (χ1v) is 5.24. The quantitative estimate of drug-likeness (QED) is 0.818. The Labute approximate surface area is 88.7 Å². The van der Waals surface area contributed by atoms with E-state index in [0.29, 0.717) is 11.6 Å². The van der Waals surface area contributed by atoms with Crippen LogP contribution < -0.4 is 0 Å². The monoisotopic (exact) mass is 205 g/mol. The molecule has 0 aliphatic heterocycles. The van der Waals surface area contributed by atoms with E-state index in [1.54, 1.807) is 6.07 Å². The van der Waals surface area contributed by atoms with Crippen molar-refractivity contribution in [3.63, 3.8) is 0 Å². The summed E-state index contributed by atoms with van der Waals surface area (Å²) in [6, 6.07) is 3.55. The number of aromatic hydroxyl groups is 1. The molecular weight excluding hydrogens is 190 g/mol. The molecule has 1 aromatic carbocycles. The van der Waals surface area contributed by atoms with Crippen LogP contribution in [0.4, 0.5) is 0 Å². The molecule has 3 heteroatoms. The summed E-state index contributed by atoms with van der Waals surface area (Å²) in [5.41, 5.74) is 2.39. The van der Waals surface area contributed by atoms with Crippen LogP contribution in [0.1, 0.15) is 38.1 Å². The number of hydrogen-bond acceptors (Lipinski definition) is 3. The van der Waals surface area contributed by atoms with Crippen LogP contribution in [0.25, 0.3) is 11.1 Å². The van der Waals surface area contributed by atoms with E-state index in [4.69, 9.17) is 4.42 Å². The third-order valence-electron chi connectivity index (χ3n) is 2.51. The lowest BCUT2D eigenvalue weighted by Crippen LogP contribution is -1.87. The number of nitrogens with zero attached hydrogens (tertiary/aromatic N) is 1. The molecule has 2 rings (SSSR count). The lowest BCUT2D eigenvalue weighted by Gasteiger charge is -2.06. The Balaban J connectivity index is 2.63. The SMILES string of the molecule is CCc1nc2cc(O)c(C(C)C)cc2o1. The van der Waals surface area contributed by atoms with E-state index < -0.39 is 0 Å². The van der Waals surface area contributed by atoms with E-state index in [1.165, 1.54) is 0 Å². The highest BCUT2D eigenvalue weighted by Crippen LogP contribution is 2.30. The summed E-state index contributed by atoms with van der Waals surface area (Å²) in [6.07, 6.45) is 0.770. The molecule has 1 aromatic heterocycles. The third-order valence-corrected chi connectivity index (χ3v) is 2.51. The lowest BCUT2D eigenvalue weighted by atomic mass is 10.0. The van der Waals surface area contributed by atoms with Crippen molar-refractivity contribution in [3.8, 4) is 5.75 Å². The zero-order chi connectivity index (χ0) is 11.0. The average molecular weight is 205 g/mol. The van der Waals surface area contributed by atoms with Crippen LogP contribution in [0.5, 0.6) is 5.75 Å². The fourth-order valence-corrected chi connectivity index (χ4v) is 1.64. The van der Waals surface area contributed by atoms with Crippen LogP contribution in [-0.4, -0.2) is 10.1 Å². The van der Waals surface area contributed by atoms with E-state index in [9.17, 15) is 5.11 Å². The van der Waals surface area contributed by atoms with Crippen molar-refractivity contribution >= 4 is 11.1 Å². The van der Waals surface area contributed by atoms with Crippen LogP contribution >= 0.6 is 0 Å². The molecule has 0 saturated carbocycles. The summed E-state index contributed by atoms with van der Waals surface area (Å²) in [6.45, 7) is 6.07. The highest BCUT2D eigenvalue weighted by atomic mass is 16.3. The number of aromatic nitrogens is 1. The molecule has 1 heterocycles. The molecular formula is C12H15NO2. The summed E-state index contributed by atoms with van der Waals surface area (Å²) >= 11 is 0. The van der Waals surface area contributed by atoms with Crippen molar-refractivity contribution in [1.29, 1.82) is 0 Å². The van der Waals surface area contributed by atoms with E-state index in [1.807, 2.05) is 26.8 Å². The van der Waals surface area contributed by atoms with Crippen LogP contribution in [0.3, 0.4) is 0 Å². The molecule has 0 atom stereocenters. The van der Waals surface area contributed by atoms with Gasteiger partial charge in [-0.2, -0.15) is 0 Å². The van der Waals surface area contributed by atoms with Crippen LogP contribution in [0.2, 0.25) is 0 Å². The molecule has 80 valence electrons. The first kappa shape index (κ1) is 10.0. The maximum Gasteiger partial charge on any atom is 0.195 e. The normalized spacial score (nSPS) is 11.5. The molecule has 0 saturated heterocycles. The second kappa shape index (κ2) is 3.57. The highest BCUT2D eigenvalue weighted by Gasteiger charge is 2.11. The summed E-state index contributed by atoms with van der Waals surface area (Å²) < 4.78 is 5.54. The minimum absolute atomic E-state index is 0.282. The topological polar surface area (TPSA) is 46.3 Å². The van der Waals surface area contributed by atoms with Gasteiger partial charge in [-0.15, -0.1) is 0 Å². The van der Waals surface area contributed by atoms with Gasteiger partial charge in [0.25, 0.3) is 0 Å². The van der Waals surface area contributed by atoms with E-state index in [0.717, 1.165) is 23.1 Å². The van der Waals surface area contributed by atoms with E-state index >= 15 is 0 Å². The molecule has 0 bridgehead atoms. The molecule has 1 N–H and O–H groups in total. The summed E-state index contributed by atoms with van der Waals surface area (Å²) in [7, 11) is 0. The van der Waals surface area contributed by atoms with Gasteiger partial charge in [-0.25, -0.2) is 4.98 Å². The molecule has 0 spiro atoms. The van der Waals surface area contributed by atoms with Gasteiger partial charge >= 0.3 is 0 Å². The number of rotatable bonds is 2. The summed E-state index contributed by atoms with van der Waals surface area (Å²) in [5, 5.41) is 9.78. The average Bonchev–Trinajstić information content (AvgIpc) is 2.58. The molecule has 0 radical (unpaired) electrons. The number of aryl methyl sites for hydroxylation is 1. The number of hydrogen-bond donors (Lipinski definition) is 1. The Bertz CT molecular complexity index is 486. The smallest absolute Gasteiger partial charge is 0.195 e. The van der Waals surface area contributed by atoms with Gasteiger partial charge in [-0.3, -0.25) is 0 Å². The van der Waals surface area contributed by atoms with Gasteiger partial charge in [0.1, 0.15) is 11.3 Å². The number of phenols is 1. The predicted octanol–water partition coefficient (Wildman–Crippen LogP) is 3.22. The maximum absolute atomic E-state index is 9.78. The van der Waals surface area contributed by atoms with Crippen molar-refractivity contribution in [3.05, 3.63) is 23.6 Å². The van der Waals surface area contributed by atoms with Gasteiger partial charge < -0.3 is 9.52 Å². The number of fused-ring (bicyclic) bond motifs is 1. The van der Waals surface area contributed by atoms with Gasteiger partial charge in [0, 0.05) is 18.1 Å². The number of phenolic OH excluding ortho intramolecular Hbond substituents is 1. The molecule has 0 aliphatic carbocycles. The third kappa shape index (κ3) is 1.69. The lowest BCUT2D eigenvalue weighted by molar-refractivity contribution is 0.465. The van der Waals surface area contributed by atoms with Gasteiger partial charge in [0.05, 0.1) is 0 Å². The van der Waals surface area contributed by atoms with Crippen molar-refractivity contribution < 1.29 is 9.52 Å². The Kier molecular flexibility index (Phi) is 2.39. The number of benzene rings is 1. The molecule has 3 nitrogen and oxygen atoms in total. The Morgan fingerprint density at radius 1 is 1.40 bits per heavy atom. The second-order valence-electron chi connectivity index (χ2n) is 3.99. The van der Waals surface area contributed by atoms with Crippen LogP contribution in [0.15, 0.2) is 16.5 Å². The van der Waals surface area contributed by atoms with E-state index in [2.05, 4.69) is 4.98 Å². The van der Waals surface area contributed by atoms with Crippen LogP contribution in [0, 0.1) is 0 Å². The number of oxazole rings is 1. The largest absolute Gasteiger partial charge is 0.508 e. The highest BCUT2D eigenvalue weighted by molar-refractivity contribution is 5.76. The molecule has 2 aromatic rings. The molecule has 0 unspecified atom stereocenters. The standard InChI is InChI=1S/C12H15NO2/c1-4-12-13-9-6-10(14)8(7(2)3)5-11(9)15-12/h5-7,14H,4H2,1-3H3. The van der Waals surface area contributed by atoms with Crippen LogP contribution in [-0.2, 0) is 6.42 Å². The van der Waals surface area contributed by atoms with Gasteiger partial charge in [0.2, 0.25) is 0 Å². The van der Waals surface area contributed by atoms with Gasteiger partial charge in [-0.05, 0) is 12.0 Å². The van der Waals surface area contributed by atoms with Gasteiger partial charge in [-0.1, -0.05) is 20.8 Å². The minimum Gasteiger partial charge on any atom is -0.508 e. The molecule has 15 heavy (non-hydrogen) atoms. The summed E-state index contributed by atoms with van der Waals surface area (Å²) in [4.78, 5) is 4.27. The van der Waals surface area contributed by atoms with E-state index in [-0.39, 0.29) is 5.92 Å². The fourth-order valence-electron chi connectivity index (χ4n) is 1.64. The fraction of sp³-hybridized carbons (Fsp3) is 0.417. The first-order chi connectivity index (χ1) is 7.11. The minimum atomic E-state index is 0.282. The molecule has 0 aliphatic rings. The van der Waals surface area contributed by atoms with Crippen molar-refractivity contribution in [1.82, 2.24) is 4.98 Å². The summed E-state index contributed by atoms with van der Waals surface area (Å²) in [5.74, 6) is 1.29. The molecule has 0 fully saturated rings. The zero-order valence-corrected chi connectivity index (χ0v) is 9.24. The van der Waals surface area contributed by atoms with Crippen molar-refractivity contribution in [2.45, 2.75) is 33.1 Å². The maximum atomic E-state index is 9.78. The Morgan fingerprint density at radius 3 is 2.73 bits per heavy atom. The first-order valence-electron chi connectivity index (χ1n) is 5.24. The molecule has 0 amide bonds.